The van der Waals surface area contributed by atoms with Crippen LogP contribution >= 0.6 is 0 Å². The van der Waals surface area contributed by atoms with E-state index in [9.17, 15) is 0 Å². The van der Waals surface area contributed by atoms with Gasteiger partial charge in [-0.2, -0.15) is 0 Å². The molecular formula is C15H26N4. The molecule has 1 N–H and O–H groups in total. The quantitative estimate of drug-likeness (QED) is 0.905. The van der Waals surface area contributed by atoms with Crippen molar-refractivity contribution in [3.8, 4) is 0 Å². The highest BCUT2D eigenvalue weighted by Crippen LogP contribution is 2.32. The van der Waals surface area contributed by atoms with Gasteiger partial charge >= 0.3 is 0 Å². The minimum Gasteiger partial charge on any atom is -0.370 e. The van der Waals surface area contributed by atoms with E-state index in [1.54, 1.807) is 0 Å². The van der Waals surface area contributed by atoms with Gasteiger partial charge in [-0.15, -0.1) is 0 Å². The Kier molecular flexibility index (Phi) is 4.27. The van der Waals surface area contributed by atoms with Gasteiger partial charge in [0.1, 0.15) is 17.5 Å². The number of nitrogens with zero attached hydrogens (tertiary/aromatic N) is 3. The summed E-state index contributed by atoms with van der Waals surface area (Å²) in [5.74, 6) is 2.96. The summed E-state index contributed by atoms with van der Waals surface area (Å²) in [6.45, 7) is 12.0. The largest absolute Gasteiger partial charge is 0.370 e. The van der Waals surface area contributed by atoms with Crippen molar-refractivity contribution in [3.05, 3.63) is 11.9 Å². The average molecular weight is 262 g/mol. The lowest BCUT2D eigenvalue weighted by molar-refractivity contribution is 0.279. The smallest absolute Gasteiger partial charge is 0.134 e. The topological polar surface area (TPSA) is 41.0 Å². The maximum absolute atomic E-state index is 4.68. The predicted molar refractivity (Wildman–Crippen MR) is 80.8 cm³/mol. The lowest BCUT2D eigenvalue weighted by Gasteiger charge is -2.37. The number of rotatable bonds is 4. The first-order valence-electron chi connectivity index (χ1n) is 7.41. The highest BCUT2D eigenvalue weighted by atomic mass is 15.2. The molecule has 1 aromatic rings. The molecule has 2 rings (SSSR count). The minimum atomic E-state index is 0.474. The Hall–Kier alpha value is -1.32. The molecule has 1 aliphatic rings. The van der Waals surface area contributed by atoms with Gasteiger partial charge < -0.3 is 10.2 Å². The molecule has 0 bridgehead atoms. The lowest BCUT2D eigenvalue weighted by atomic mass is 9.83. The zero-order valence-corrected chi connectivity index (χ0v) is 12.7. The molecule has 4 heteroatoms. The zero-order chi connectivity index (χ0) is 13.9. The fourth-order valence-electron chi connectivity index (χ4n) is 2.42. The molecule has 0 aromatic carbocycles. The van der Waals surface area contributed by atoms with Crippen LogP contribution in [0.3, 0.4) is 0 Å². The first-order chi connectivity index (χ1) is 9.04. The Bertz CT molecular complexity index is 418. The molecule has 2 heterocycles. The molecule has 0 amide bonds. The molecule has 19 heavy (non-hydrogen) atoms. The van der Waals surface area contributed by atoms with Gasteiger partial charge in [0.05, 0.1) is 0 Å². The molecular weight excluding hydrogens is 236 g/mol. The third kappa shape index (κ3) is 3.58. The summed E-state index contributed by atoms with van der Waals surface area (Å²) in [4.78, 5) is 11.6. The average Bonchev–Trinajstić information content (AvgIpc) is 2.38. The van der Waals surface area contributed by atoms with Crippen LogP contribution in [0, 0.1) is 5.41 Å². The first kappa shape index (κ1) is 14.1. The van der Waals surface area contributed by atoms with Crippen molar-refractivity contribution in [1.82, 2.24) is 9.97 Å². The predicted octanol–water partition coefficient (Wildman–Crippen LogP) is 3.10. The Balaban J connectivity index is 2.17. The highest BCUT2D eigenvalue weighted by Gasteiger charge is 2.26. The van der Waals surface area contributed by atoms with Crippen molar-refractivity contribution in [2.24, 2.45) is 5.41 Å². The van der Waals surface area contributed by atoms with Crippen molar-refractivity contribution in [1.29, 1.82) is 0 Å². The van der Waals surface area contributed by atoms with Crippen LogP contribution in [-0.2, 0) is 6.42 Å². The molecule has 0 aliphatic carbocycles. The normalized spacial score (nSPS) is 18.4. The van der Waals surface area contributed by atoms with Crippen molar-refractivity contribution in [3.63, 3.8) is 0 Å². The van der Waals surface area contributed by atoms with Crippen LogP contribution < -0.4 is 10.2 Å². The van der Waals surface area contributed by atoms with E-state index in [1.165, 1.54) is 12.8 Å². The SMILES string of the molecule is CCNc1cc(N2CCC(C)(C)CC2)nc(CC)n1. The summed E-state index contributed by atoms with van der Waals surface area (Å²) in [7, 11) is 0. The van der Waals surface area contributed by atoms with E-state index in [0.29, 0.717) is 5.41 Å². The highest BCUT2D eigenvalue weighted by molar-refractivity contribution is 5.49. The van der Waals surface area contributed by atoms with Crippen LogP contribution in [0.1, 0.15) is 46.4 Å². The minimum absolute atomic E-state index is 0.474. The zero-order valence-electron chi connectivity index (χ0n) is 12.7. The summed E-state index contributed by atoms with van der Waals surface area (Å²) >= 11 is 0. The molecule has 1 aliphatic heterocycles. The lowest BCUT2D eigenvalue weighted by Crippen LogP contribution is -2.38. The third-order valence-corrected chi connectivity index (χ3v) is 3.87. The van der Waals surface area contributed by atoms with E-state index in [4.69, 9.17) is 0 Å². The van der Waals surface area contributed by atoms with E-state index in [-0.39, 0.29) is 0 Å². The second-order valence-electron chi connectivity index (χ2n) is 6.06. The second kappa shape index (κ2) is 5.76. The number of piperidine rings is 1. The van der Waals surface area contributed by atoms with Gasteiger partial charge in [0, 0.05) is 32.1 Å². The van der Waals surface area contributed by atoms with Crippen LogP contribution in [0.4, 0.5) is 11.6 Å². The van der Waals surface area contributed by atoms with E-state index < -0.39 is 0 Å². The van der Waals surface area contributed by atoms with E-state index in [2.05, 4.69) is 53.9 Å². The second-order valence-corrected chi connectivity index (χ2v) is 6.06. The number of aryl methyl sites for hydroxylation is 1. The maximum atomic E-state index is 4.68. The first-order valence-corrected chi connectivity index (χ1v) is 7.41. The molecule has 0 spiro atoms. The molecule has 0 saturated carbocycles. The Morgan fingerprint density at radius 2 is 1.89 bits per heavy atom. The number of anilines is 2. The van der Waals surface area contributed by atoms with Crippen LogP contribution in [0.15, 0.2) is 6.07 Å². The van der Waals surface area contributed by atoms with Crippen molar-refractivity contribution >= 4 is 11.6 Å². The van der Waals surface area contributed by atoms with Crippen molar-refractivity contribution in [2.45, 2.75) is 47.0 Å². The fourth-order valence-corrected chi connectivity index (χ4v) is 2.42. The summed E-state index contributed by atoms with van der Waals surface area (Å²) in [6, 6.07) is 2.08. The summed E-state index contributed by atoms with van der Waals surface area (Å²) in [5.41, 5.74) is 0.474. The van der Waals surface area contributed by atoms with Crippen LogP contribution in [0.25, 0.3) is 0 Å². The van der Waals surface area contributed by atoms with Gasteiger partial charge in [0.15, 0.2) is 0 Å². The molecule has 4 nitrogen and oxygen atoms in total. The molecule has 0 radical (unpaired) electrons. The number of nitrogens with one attached hydrogen (secondary N) is 1. The number of hydrogen-bond acceptors (Lipinski definition) is 4. The number of hydrogen-bond donors (Lipinski definition) is 1. The van der Waals surface area contributed by atoms with Crippen LogP contribution in [-0.4, -0.2) is 29.6 Å². The summed E-state index contributed by atoms with van der Waals surface area (Å²) < 4.78 is 0. The molecule has 1 fully saturated rings. The monoisotopic (exact) mass is 262 g/mol. The van der Waals surface area contributed by atoms with Crippen LogP contribution in [0.5, 0.6) is 0 Å². The van der Waals surface area contributed by atoms with Gasteiger partial charge in [0.25, 0.3) is 0 Å². The van der Waals surface area contributed by atoms with E-state index in [1.807, 2.05) is 0 Å². The molecule has 1 saturated heterocycles. The third-order valence-electron chi connectivity index (χ3n) is 3.87. The number of aromatic nitrogens is 2. The summed E-state index contributed by atoms with van der Waals surface area (Å²) in [5, 5.41) is 3.30. The van der Waals surface area contributed by atoms with Gasteiger partial charge in [-0.1, -0.05) is 20.8 Å². The Labute approximate surface area is 116 Å². The van der Waals surface area contributed by atoms with Crippen molar-refractivity contribution < 1.29 is 0 Å². The standard InChI is InChI=1S/C15H26N4/c1-5-12-17-13(16-6-2)11-14(18-12)19-9-7-15(3,4)8-10-19/h11H,5-10H2,1-4H3,(H,16,17,18). The van der Waals surface area contributed by atoms with Gasteiger partial charge in [-0.25, -0.2) is 9.97 Å². The maximum Gasteiger partial charge on any atom is 0.134 e. The van der Waals surface area contributed by atoms with Gasteiger partial charge in [-0.3, -0.25) is 0 Å². The molecule has 106 valence electrons. The fraction of sp³-hybridized carbons (Fsp3) is 0.733. The van der Waals surface area contributed by atoms with Crippen LogP contribution in [0.2, 0.25) is 0 Å². The molecule has 0 unspecified atom stereocenters. The molecule has 0 atom stereocenters. The van der Waals surface area contributed by atoms with Crippen molar-refractivity contribution in [2.75, 3.05) is 29.9 Å². The summed E-state index contributed by atoms with van der Waals surface area (Å²) in [6.07, 6.45) is 3.34. The molecule has 1 aromatic heterocycles. The van der Waals surface area contributed by atoms with E-state index >= 15 is 0 Å². The Morgan fingerprint density at radius 3 is 2.47 bits per heavy atom. The van der Waals surface area contributed by atoms with Gasteiger partial charge in [0.2, 0.25) is 0 Å². The van der Waals surface area contributed by atoms with E-state index in [0.717, 1.165) is 43.5 Å². The Morgan fingerprint density at radius 1 is 1.21 bits per heavy atom. The van der Waals surface area contributed by atoms with Gasteiger partial charge in [-0.05, 0) is 25.2 Å².